The highest BCUT2D eigenvalue weighted by molar-refractivity contribution is 6.31. The Morgan fingerprint density at radius 3 is 2.20 bits per heavy atom. The highest BCUT2D eigenvalue weighted by atomic mass is 35.5. The van der Waals surface area contributed by atoms with Gasteiger partial charge in [-0.05, 0) is 79.2 Å². The minimum absolute atomic E-state index is 0.0336. The van der Waals surface area contributed by atoms with Crippen molar-refractivity contribution in [3.8, 4) is 0 Å². The first-order chi connectivity index (χ1) is 22.8. The number of carboxylic acid groups (broad SMARTS) is 1. The van der Waals surface area contributed by atoms with Gasteiger partial charge in [0.05, 0.1) is 11.1 Å². The largest absolute Gasteiger partial charge is 0.490 e. The van der Waals surface area contributed by atoms with Gasteiger partial charge in [0.2, 0.25) is 5.91 Å². The van der Waals surface area contributed by atoms with Gasteiger partial charge in [-0.3, -0.25) is 14.4 Å². The predicted molar refractivity (Wildman–Crippen MR) is 179 cm³/mol. The molecule has 5 rings (SSSR count). The zero-order valence-electron chi connectivity index (χ0n) is 27.9. The number of benzene rings is 2. The van der Waals surface area contributed by atoms with E-state index in [9.17, 15) is 27.6 Å². The molecule has 13 heteroatoms. The van der Waals surface area contributed by atoms with Gasteiger partial charge < -0.3 is 15.7 Å². The second kappa shape index (κ2) is 15.1. The van der Waals surface area contributed by atoms with E-state index in [4.69, 9.17) is 33.1 Å². The van der Waals surface area contributed by atoms with Gasteiger partial charge in [-0.2, -0.15) is 13.2 Å². The maximum atomic E-state index is 15.9. The summed E-state index contributed by atoms with van der Waals surface area (Å²) in [7, 11) is 0. The van der Waals surface area contributed by atoms with Gasteiger partial charge in [-0.15, -0.1) is 0 Å². The van der Waals surface area contributed by atoms with Crippen molar-refractivity contribution >= 4 is 52.3 Å². The molecule has 1 spiro atoms. The van der Waals surface area contributed by atoms with Crippen LogP contribution in [0.4, 0.5) is 23.2 Å². The molecule has 0 unspecified atom stereocenters. The highest BCUT2D eigenvalue weighted by Gasteiger charge is 2.66. The predicted octanol–water partition coefficient (Wildman–Crippen LogP) is 8.65. The van der Waals surface area contributed by atoms with Crippen molar-refractivity contribution in [2.75, 3.05) is 5.32 Å². The van der Waals surface area contributed by atoms with Crippen molar-refractivity contribution < 1.29 is 41.8 Å². The third kappa shape index (κ3) is 8.31. The number of carboxylic acids is 1. The van der Waals surface area contributed by atoms with Crippen LogP contribution in [0.5, 0.6) is 0 Å². The van der Waals surface area contributed by atoms with Crippen molar-refractivity contribution in [2.24, 2.45) is 17.3 Å². The molecule has 1 amide bonds. The topological polar surface area (TPSA) is 113 Å². The lowest BCUT2D eigenvalue weighted by Crippen LogP contribution is -2.49. The third-order valence-electron chi connectivity index (χ3n) is 9.82. The van der Waals surface area contributed by atoms with Crippen LogP contribution in [0.25, 0.3) is 0 Å². The molecule has 1 saturated carbocycles. The second-order valence-electron chi connectivity index (χ2n) is 14.5. The average Bonchev–Trinajstić information content (AvgIpc) is 3.48. The van der Waals surface area contributed by atoms with Crippen LogP contribution in [0.15, 0.2) is 36.4 Å². The van der Waals surface area contributed by atoms with Crippen molar-refractivity contribution in [3.63, 3.8) is 0 Å². The minimum atomic E-state index is -5.08. The van der Waals surface area contributed by atoms with Crippen LogP contribution in [0.3, 0.4) is 0 Å². The molecule has 2 fully saturated rings. The molecule has 2 aromatic rings. The Morgan fingerprint density at radius 1 is 1.00 bits per heavy atom. The average molecular weight is 730 g/mol. The summed E-state index contributed by atoms with van der Waals surface area (Å²) in [6.07, 6.45) is 0.503. The van der Waals surface area contributed by atoms with E-state index in [1.54, 1.807) is 24.3 Å². The number of anilines is 1. The molecule has 3 N–H and O–H groups in total. The molecule has 2 aliphatic heterocycles. The zero-order chi connectivity index (χ0) is 36.5. The second-order valence-corrected chi connectivity index (χ2v) is 15.3. The number of amides is 1. The number of aliphatic carboxylic acids is 1. The monoisotopic (exact) mass is 728 g/mol. The fraction of sp³-hybridized carbons (Fsp3) is 0.556. The normalized spacial score (nSPS) is 26.5. The quantitative estimate of drug-likeness (QED) is 0.235. The van der Waals surface area contributed by atoms with E-state index in [2.05, 4.69) is 31.4 Å². The Labute approximate surface area is 293 Å². The van der Waals surface area contributed by atoms with Crippen molar-refractivity contribution in [1.82, 2.24) is 5.32 Å². The van der Waals surface area contributed by atoms with E-state index >= 15 is 4.39 Å². The minimum Gasteiger partial charge on any atom is -0.475 e. The number of fused-ring (bicyclic) bond motifs is 2. The first-order valence-electron chi connectivity index (χ1n) is 16.5. The van der Waals surface area contributed by atoms with Gasteiger partial charge in [0.15, 0.2) is 5.78 Å². The van der Waals surface area contributed by atoms with Crippen LogP contribution in [0.1, 0.15) is 96.1 Å². The van der Waals surface area contributed by atoms with Crippen LogP contribution >= 0.6 is 23.2 Å². The Balaban J connectivity index is 0.000000698. The molecule has 1 saturated heterocycles. The van der Waals surface area contributed by atoms with E-state index in [-0.39, 0.29) is 39.5 Å². The van der Waals surface area contributed by atoms with Gasteiger partial charge in [-0.25, -0.2) is 9.18 Å². The number of halogens is 6. The molecule has 0 radical (unpaired) electrons. The van der Waals surface area contributed by atoms with Gasteiger partial charge >= 0.3 is 12.1 Å². The summed E-state index contributed by atoms with van der Waals surface area (Å²) in [5, 5.41) is 14.2. The van der Waals surface area contributed by atoms with Crippen molar-refractivity contribution in [3.05, 3.63) is 63.4 Å². The number of alkyl halides is 3. The number of hydrogen-bond acceptors (Lipinski definition) is 5. The molecular weight excluding hydrogens is 687 g/mol. The van der Waals surface area contributed by atoms with Gasteiger partial charge in [0.1, 0.15) is 17.0 Å². The molecule has 268 valence electrons. The molecule has 2 aromatic carbocycles. The van der Waals surface area contributed by atoms with E-state index < -0.39 is 41.4 Å². The Morgan fingerprint density at radius 2 is 1.63 bits per heavy atom. The highest BCUT2D eigenvalue weighted by Crippen LogP contribution is 2.57. The van der Waals surface area contributed by atoms with Crippen LogP contribution in [0.2, 0.25) is 10.0 Å². The molecule has 0 bridgehead atoms. The summed E-state index contributed by atoms with van der Waals surface area (Å²) >= 11 is 12.6. The maximum Gasteiger partial charge on any atom is 0.490 e. The molecular formula is C36H42Cl2F4N2O5. The summed E-state index contributed by atoms with van der Waals surface area (Å²) in [6, 6.07) is 8.88. The molecule has 49 heavy (non-hydrogen) atoms. The van der Waals surface area contributed by atoms with Crippen molar-refractivity contribution in [2.45, 2.75) is 109 Å². The lowest BCUT2D eigenvalue weighted by molar-refractivity contribution is -0.192. The lowest BCUT2D eigenvalue weighted by atomic mass is 9.62. The summed E-state index contributed by atoms with van der Waals surface area (Å²) in [6.45, 7) is 8.31. The third-order valence-corrected chi connectivity index (χ3v) is 10.3. The van der Waals surface area contributed by atoms with E-state index in [0.717, 1.165) is 32.1 Å². The Bertz CT molecular complexity index is 1590. The molecule has 3 aliphatic rings. The molecule has 1 aliphatic carbocycles. The van der Waals surface area contributed by atoms with E-state index in [1.165, 1.54) is 6.07 Å². The Hall–Kier alpha value is -3.02. The fourth-order valence-electron chi connectivity index (χ4n) is 7.75. The molecule has 7 nitrogen and oxygen atoms in total. The molecule has 0 aromatic heterocycles. The van der Waals surface area contributed by atoms with Gasteiger partial charge in [-0.1, -0.05) is 69.1 Å². The summed E-state index contributed by atoms with van der Waals surface area (Å²) in [4.78, 5) is 49.9. The number of carbonyl (C=O) groups excluding carboxylic acids is 3. The number of hydrogen-bond donors (Lipinski definition) is 3. The van der Waals surface area contributed by atoms with Crippen LogP contribution in [0, 0.1) is 23.1 Å². The molecule has 2 heterocycles. The first kappa shape index (κ1) is 38.8. The number of rotatable bonds is 8. The van der Waals surface area contributed by atoms with E-state index in [1.807, 2.05) is 13.0 Å². The number of carbonyl (C=O) groups is 4. The summed E-state index contributed by atoms with van der Waals surface area (Å²) in [5.41, 5.74) is 0.121. The zero-order valence-corrected chi connectivity index (χ0v) is 29.4. The standard InChI is InChI=1S/C34H41Cl2FN2O3.C2HF3O2/c1-5-7-26(40)20-12-10-19(11-13-20)16-27(41)31-29(22-8-6-9-24(36)30(22)37)34(28(39-31)18-33(2,3)4)23-15-14-21(35)17-25(23)38-32(34)42;3-2(4,5)1(6)7/h6,8-9,14-15,17,19-20,28-29,31,39H,5,7,10-13,16,18H2,1-4H3,(H,38,42);(H,6,7)/t19?,20?,28-,29+,31+,34+;/m1./s1. The van der Waals surface area contributed by atoms with Crippen LogP contribution < -0.4 is 10.6 Å². The number of nitrogens with one attached hydrogen (secondary N) is 2. The Kier molecular flexibility index (Phi) is 11.9. The fourth-order valence-corrected chi connectivity index (χ4v) is 8.11. The van der Waals surface area contributed by atoms with Crippen LogP contribution in [-0.4, -0.2) is 46.8 Å². The van der Waals surface area contributed by atoms with Crippen LogP contribution in [-0.2, 0) is 24.6 Å². The lowest BCUT2D eigenvalue weighted by Gasteiger charge is -2.38. The number of ketones is 2. The first-order valence-corrected chi connectivity index (χ1v) is 17.2. The summed E-state index contributed by atoms with van der Waals surface area (Å²) < 4.78 is 47.7. The number of Topliss-reactive ketones (excluding diaryl/α,β-unsaturated/α-hetero) is 2. The summed E-state index contributed by atoms with van der Waals surface area (Å²) in [5.74, 6) is -3.92. The SMILES string of the molecule is CCCC(=O)C1CCC(CC(=O)[C@@H]2N[C@H](CC(C)(C)C)[C@]3(C(=O)Nc4cc(Cl)ccc43)[C@H]2c2cccc(Cl)c2F)CC1.O=C(O)C(F)(F)F. The van der Waals surface area contributed by atoms with E-state index in [0.29, 0.717) is 41.3 Å². The van der Waals surface area contributed by atoms with Gasteiger partial charge in [0, 0.05) is 41.4 Å². The van der Waals surface area contributed by atoms with Gasteiger partial charge in [0.25, 0.3) is 0 Å². The maximum absolute atomic E-state index is 15.9. The van der Waals surface area contributed by atoms with Crippen molar-refractivity contribution in [1.29, 1.82) is 0 Å². The molecule has 4 atom stereocenters. The smallest absolute Gasteiger partial charge is 0.475 e.